The predicted octanol–water partition coefficient (Wildman–Crippen LogP) is 3.04. The third kappa shape index (κ3) is 3.80. The molecule has 2 amide bonds. The summed E-state index contributed by atoms with van der Waals surface area (Å²) >= 11 is 0. The zero-order chi connectivity index (χ0) is 16.9. The molecule has 2 aliphatic rings. The lowest BCUT2D eigenvalue weighted by Crippen LogP contribution is -2.50. The van der Waals surface area contributed by atoms with Crippen LogP contribution < -0.4 is 0 Å². The van der Waals surface area contributed by atoms with Crippen molar-refractivity contribution < 1.29 is 9.59 Å². The number of rotatable bonds is 4. The number of aryl methyl sites for hydroxylation is 2. The Balaban J connectivity index is 1.58. The average Bonchev–Trinajstić information content (AvgIpc) is 2.65. The molecular weight excluding hydrogens is 300 g/mol. The number of piperazine rings is 1. The summed E-state index contributed by atoms with van der Waals surface area (Å²) in [5.74, 6) is 0.349. The van der Waals surface area contributed by atoms with Crippen molar-refractivity contribution in [3.05, 3.63) is 34.9 Å². The molecule has 0 N–H and O–H groups in total. The van der Waals surface area contributed by atoms with Gasteiger partial charge in [-0.25, -0.2) is 0 Å². The van der Waals surface area contributed by atoms with Crippen molar-refractivity contribution in [2.75, 3.05) is 26.2 Å². The van der Waals surface area contributed by atoms with E-state index in [0.717, 1.165) is 31.2 Å². The van der Waals surface area contributed by atoms with Crippen molar-refractivity contribution in [3.63, 3.8) is 0 Å². The molecule has 1 heterocycles. The molecule has 1 saturated heterocycles. The maximum Gasteiger partial charge on any atom is 0.253 e. The standard InChI is InChI=1S/C20H28N2O2/c1-2-3-8-19(23)21-11-13-22(14-12-21)20(24)18-10-9-16-6-4-5-7-17(16)15-18/h9-10,15H,2-8,11-14H2,1H3. The lowest BCUT2D eigenvalue weighted by Gasteiger charge is -2.35. The maximum atomic E-state index is 12.8. The van der Waals surface area contributed by atoms with E-state index in [2.05, 4.69) is 19.1 Å². The van der Waals surface area contributed by atoms with Gasteiger partial charge in [-0.2, -0.15) is 0 Å². The van der Waals surface area contributed by atoms with Gasteiger partial charge in [-0.3, -0.25) is 9.59 Å². The minimum atomic E-state index is 0.115. The summed E-state index contributed by atoms with van der Waals surface area (Å²) in [4.78, 5) is 28.6. The fourth-order valence-corrected chi connectivity index (χ4v) is 3.69. The van der Waals surface area contributed by atoms with E-state index in [0.29, 0.717) is 32.6 Å². The summed E-state index contributed by atoms with van der Waals surface area (Å²) in [5.41, 5.74) is 3.56. The van der Waals surface area contributed by atoms with Gasteiger partial charge in [-0.15, -0.1) is 0 Å². The molecule has 3 rings (SSSR count). The van der Waals surface area contributed by atoms with Gasteiger partial charge in [0.2, 0.25) is 5.91 Å². The second-order valence-electron chi connectivity index (χ2n) is 6.97. The highest BCUT2D eigenvalue weighted by molar-refractivity contribution is 5.94. The summed E-state index contributed by atoms with van der Waals surface area (Å²) in [6.45, 7) is 4.72. The Labute approximate surface area is 144 Å². The lowest BCUT2D eigenvalue weighted by molar-refractivity contribution is -0.132. The van der Waals surface area contributed by atoms with Gasteiger partial charge in [-0.1, -0.05) is 19.4 Å². The third-order valence-electron chi connectivity index (χ3n) is 5.26. The van der Waals surface area contributed by atoms with Crippen LogP contribution >= 0.6 is 0 Å². The number of amides is 2. The number of fused-ring (bicyclic) bond motifs is 1. The molecule has 0 unspecified atom stereocenters. The van der Waals surface area contributed by atoms with Gasteiger partial charge in [0.1, 0.15) is 0 Å². The highest BCUT2D eigenvalue weighted by atomic mass is 16.2. The molecule has 0 atom stereocenters. The summed E-state index contributed by atoms with van der Waals surface area (Å²) < 4.78 is 0. The van der Waals surface area contributed by atoms with Crippen LogP contribution in [0, 0.1) is 0 Å². The first-order chi connectivity index (χ1) is 11.7. The summed E-state index contributed by atoms with van der Waals surface area (Å²) in [7, 11) is 0. The number of nitrogens with zero attached hydrogens (tertiary/aromatic N) is 2. The van der Waals surface area contributed by atoms with Gasteiger partial charge < -0.3 is 9.80 Å². The van der Waals surface area contributed by atoms with Crippen LogP contribution in [-0.2, 0) is 17.6 Å². The zero-order valence-corrected chi connectivity index (χ0v) is 14.7. The number of carbonyl (C=O) groups is 2. The SMILES string of the molecule is CCCCC(=O)N1CCN(C(=O)c2ccc3c(c2)CCCC3)CC1. The van der Waals surface area contributed by atoms with Gasteiger partial charge in [0, 0.05) is 38.2 Å². The minimum absolute atomic E-state index is 0.115. The van der Waals surface area contributed by atoms with Crippen molar-refractivity contribution in [3.8, 4) is 0 Å². The van der Waals surface area contributed by atoms with Crippen LogP contribution in [0.15, 0.2) is 18.2 Å². The van der Waals surface area contributed by atoms with E-state index in [1.807, 2.05) is 15.9 Å². The second kappa shape index (κ2) is 7.82. The average molecular weight is 328 g/mol. The van der Waals surface area contributed by atoms with E-state index in [9.17, 15) is 9.59 Å². The number of unbranched alkanes of at least 4 members (excludes halogenated alkanes) is 1. The van der Waals surface area contributed by atoms with Crippen LogP contribution in [0.2, 0.25) is 0 Å². The van der Waals surface area contributed by atoms with E-state index in [1.54, 1.807) is 0 Å². The van der Waals surface area contributed by atoms with E-state index in [1.165, 1.54) is 24.0 Å². The molecule has 1 aliphatic heterocycles. The Morgan fingerprint density at radius 3 is 2.33 bits per heavy atom. The van der Waals surface area contributed by atoms with Gasteiger partial charge in [0.15, 0.2) is 0 Å². The topological polar surface area (TPSA) is 40.6 Å². The summed E-state index contributed by atoms with van der Waals surface area (Å²) in [5, 5.41) is 0. The molecule has 130 valence electrons. The Morgan fingerprint density at radius 2 is 1.62 bits per heavy atom. The van der Waals surface area contributed by atoms with E-state index in [4.69, 9.17) is 0 Å². The largest absolute Gasteiger partial charge is 0.339 e. The van der Waals surface area contributed by atoms with Gasteiger partial charge in [0.05, 0.1) is 0 Å². The van der Waals surface area contributed by atoms with Crippen molar-refractivity contribution in [1.29, 1.82) is 0 Å². The molecular formula is C20H28N2O2. The lowest BCUT2D eigenvalue weighted by atomic mass is 9.90. The highest BCUT2D eigenvalue weighted by Crippen LogP contribution is 2.23. The van der Waals surface area contributed by atoms with Crippen molar-refractivity contribution >= 4 is 11.8 Å². The Morgan fingerprint density at radius 1 is 0.958 bits per heavy atom. The zero-order valence-electron chi connectivity index (χ0n) is 14.7. The summed E-state index contributed by atoms with van der Waals surface area (Å²) in [6, 6.07) is 6.20. The molecule has 4 nitrogen and oxygen atoms in total. The molecule has 24 heavy (non-hydrogen) atoms. The van der Waals surface area contributed by atoms with Crippen LogP contribution in [0.5, 0.6) is 0 Å². The first kappa shape index (κ1) is 17.0. The van der Waals surface area contributed by atoms with Crippen LogP contribution in [0.1, 0.15) is 60.5 Å². The Kier molecular flexibility index (Phi) is 5.54. The van der Waals surface area contributed by atoms with E-state index in [-0.39, 0.29) is 11.8 Å². The van der Waals surface area contributed by atoms with Crippen molar-refractivity contribution in [2.24, 2.45) is 0 Å². The smallest absolute Gasteiger partial charge is 0.253 e. The predicted molar refractivity (Wildman–Crippen MR) is 95.1 cm³/mol. The minimum Gasteiger partial charge on any atom is -0.339 e. The highest BCUT2D eigenvalue weighted by Gasteiger charge is 2.25. The van der Waals surface area contributed by atoms with E-state index >= 15 is 0 Å². The molecule has 0 saturated carbocycles. The maximum absolute atomic E-state index is 12.8. The monoisotopic (exact) mass is 328 g/mol. The number of carbonyl (C=O) groups excluding carboxylic acids is 2. The number of hydrogen-bond acceptors (Lipinski definition) is 2. The molecule has 1 aliphatic carbocycles. The normalized spacial score (nSPS) is 17.5. The summed E-state index contributed by atoms with van der Waals surface area (Å²) in [6.07, 6.45) is 7.35. The van der Waals surface area contributed by atoms with Gasteiger partial charge in [0.25, 0.3) is 5.91 Å². The fourth-order valence-electron chi connectivity index (χ4n) is 3.69. The van der Waals surface area contributed by atoms with Crippen LogP contribution in [-0.4, -0.2) is 47.8 Å². The third-order valence-corrected chi connectivity index (χ3v) is 5.26. The molecule has 1 aromatic rings. The molecule has 0 spiro atoms. The number of benzene rings is 1. The number of hydrogen-bond donors (Lipinski definition) is 0. The van der Waals surface area contributed by atoms with Crippen molar-refractivity contribution in [1.82, 2.24) is 9.80 Å². The fraction of sp³-hybridized carbons (Fsp3) is 0.600. The quantitative estimate of drug-likeness (QED) is 0.852. The molecule has 1 aromatic carbocycles. The second-order valence-corrected chi connectivity index (χ2v) is 6.97. The van der Waals surface area contributed by atoms with Crippen LogP contribution in [0.3, 0.4) is 0 Å². The van der Waals surface area contributed by atoms with Crippen LogP contribution in [0.25, 0.3) is 0 Å². The first-order valence-corrected chi connectivity index (χ1v) is 9.38. The van der Waals surface area contributed by atoms with E-state index < -0.39 is 0 Å². The molecule has 0 radical (unpaired) electrons. The Bertz CT molecular complexity index is 604. The Hall–Kier alpha value is -1.84. The molecule has 0 aromatic heterocycles. The first-order valence-electron chi connectivity index (χ1n) is 9.38. The van der Waals surface area contributed by atoms with Gasteiger partial charge in [-0.05, 0) is 55.4 Å². The molecule has 1 fully saturated rings. The molecule has 0 bridgehead atoms. The van der Waals surface area contributed by atoms with Crippen molar-refractivity contribution in [2.45, 2.75) is 51.9 Å². The van der Waals surface area contributed by atoms with Gasteiger partial charge >= 0.3 is 0 Å². The van der Waals surface area contributed by atoms with Crippen LogP contribution in [0.4, 0.5) is 0 Å². The molecule has 4 heteroatoms.